The molecule has 0 fully saturated rings. The van der Waals surface area contributed by atoms with Crippen LogP contribution in [-0.4, -0.2) is 12.4 Å². The van der Waals surface area contributed by atoms with Crippen LogP contribution in [0.2, 0.25) is 0 Å². The molecule has 0 aromatic heterocycles. The summed E-state index contributed by atoms with van der Waals surface area (Å²) in [4.78, 5) is 10.9. The predicted octanol–water partition coefficient (Wildman–Crippen LogP) is 2.95. The summed E-state index contributed by atoms with van der Waals surface area (Å²) >= 11 is 5.56. The molecule has 3 heteroatoms. The average Bonchev–Trinajstić information content (AvgIpc) is 2.16. The van der Waals surface area contributed by atoms with Crippen molar-refractivity contribution in [2.45, 2.75) is 13.3 Å². The second kappa shape index (κ2) is 5.56. The van der Waals surface area contributed by atoms with Gasteiger partial charge in [-0.2, -0.15) is 0 Å². The zero-order chi connectivity index (χ0) is 11.3. The second-order valence-corrected chi connectivity index (χ2v) is 3.86. The first kappa shape index (κ1) is 11.8. The first-order valence-electron chi connectivity index (χ1n) is 4.62. The monoisotopic (exact) mass is 224 g/mol. The van der Waals surface area contributed by atoms with E-state index in [1.54, 1.807) is 6.92 Å². The number of benzene rings is 1. The Morgan fingerprint density at radius 1 is 1.40 bits per heavy atom. The van der Waals surface area contributed by atoms with Crippen molar-refractivity contribution in [3.8, 4) is 5.75 Å². The number of hydrogen-bond donors (Lipinski definition) is 0. The Morgan fingerprint density at radius 3 is 2.47 bits per heavy atom. The standard InChI is InChI=1S/C12H13ClO2/c1-9(13)8-15-12-5-3-11(4-6-12)7-10(2)14/h3-6H,1,7-8H2,2H3. The van der Waals surface area contributed by atoms with E-state index in [-0.39, 0.29) is 5.78 Å². The van der Waals surface area contributed by atoms with Crippen molar-refractivity contribution in [3.63, 3.8) is 0 Å². The van der Waals surface area contributed by atoms with Crippen LogP contribution in [0.5, 0.6) is 5.75 Å². The first-order valence-corrected chi connectivity index (χ1v) is 5.00. The molecule has 2 nitrogen and oxygen atoms in total. The van der Waals surface area contributed by atoms with E-state index in [4.69, 9.17) is 16.3 Å². The van der Waals surface area contributed by atoms with Gasteiger partial charge in [0.1, 0.15) is 18.1 Å². The SMILES string of the molecule is C=C(Cl)COc1ccc(CC(C)=O)cc1. The zero-order valence-electron chi connectivity index (χ0n) is 8.63. The quantitative estimate of drug-likeness (QED) is 0.769. The molecule has 0 saturated carbocycles. The number of hydrogen-bond acceptors (Lipinski definition) is 2. The van der Waals surface area contributed by atoms with Crippen LogP contribution >= 0.6 is 11.6 Å². The van der Waals surface area contributed by atoms with Crippen molar-refractivity contribution in [1.82, 2.24) is 0 Å². The summed E-state index contributed by atoms with van der Waals surface area (Å²) in [5.74, 6) is 0.877. The van der Waals surface area contributed by atoms with Gasteiger partial charge in [-0.3, -0.25) is 4.79 Å². The highest BCUT2D eigenvalue weighted by Crippen LogP contribution is 2.14. The zero-order valence-corrected chi connectivity index (χ0v) is 9.38. The third-order valence-electron chi connectivity index (χ3n) is 1.77. The van der Waals surface area contributed by atoms with Crippen LogP contribution in [-0.2, 0) is 11.2 Å². The van der Waals surface area contributed by atoms with Gasteiger partial charge in [0, 0.05) is 11.5 Å². The van der Waals surface area contributed by atoms with Gasteiger partial charge in [0.2, 0.25) is 0 Å². The van der Waals surface area contributed by atoms with Gasteiger partial charge < -0.3 is 4.74 Å². The molecule has 0 heterocycles. The van der Waals surface area contributed by atoms with E-state index in [0.717, 1.165) is 11.3 Å². The summed E-state index contributed by atoms with van der Waals surface area (Å²) in [7, 11) is 0. The van der Waals surface area contributed by atoms with Crippen LogP contribution in [0.1, 0.15) is 12.5 Å². The van der Waals surface area contributed by atoms with E-state index < -0.39 is 0 Å². The smallest absolute Gasteiger partial charge is 0.134 e. The highest BCUT2D eigenvalue weighted by atomic mass is 35.5. The normalized spacial score (nSPS) is 9.73. The molecule has 0 atom stereocenters. The lowest BCUT2D eigenvalue weighted by atomic mass is 10.1. The third-order valence-corrected chi connectivity index (χ3v) is 1.88. The summed E-state index contributed by atoms with van der Waals surface area (Å²) in [6.07, 6.45) is 0.461. The Morgan fingerprint density at radius 2 is 2.00 bits per heavy atom. The molecule has 0 amide bonds. The molecule has 0 bridgehead atoms. The Hall–Kier alpha value is -1.28. The number of halogens is 1. The minimum atomic E-state index is 0.151. The molecule has 1 aromatic rings. The fourth-order valence-corrected chi connectivity index (χ4v) is 1.21. The van der Waals surface area contributed by atoms with Gasteiger partial charge in [0.15, 0.2) is 0 Å². The summed E-state index contributed by atoms with van der Waals surface area (Å²) in [5, 5.41) is 0.461. The van der Waals surface area contributed by atoms with Gasteiger partial charge in [-0.05, 0) is 24.6 Å². The highest BCUT2D eigenvalue weighted by Gasteiger charge is 1.98. The lowest BCUT2D eigenvalue weighted by Gasteiger charge is -2.05. The molecule has 0 saturated heterocycles. The summed E-state index contributed by atoms with van der Waals surface area (Å²) in [6.45, 7) is 5.39. The fraction of sp³-hybridized carbons (Fsp3) is 0.250. The Balaban J connectivity index is 2.56. The number of ether oxygens (including phenoxy) is 1. The van der Waals surface area contributed by atoms with Crippen molar-refractivity contribution in [2.24, 2.45) is 0 Å². The third kappa shape index (κ3) is 4.66. The molecule has 0 spiro atoms. The highest BCUT2D eigenvalue weighted by molar-refractivity contribution is 6.29. The van der Waals surface area contributed by atoms with E-state index in [9.17, 15) is 4.79 Å². The van der Waals surface area contributed by atoms with Gasteiger partial charge in [-0.1, -0.05) is 30.3 Å². The van der Waals surface area contributed by atoms with Gasteiger partial charge >= 0.3 is 0 Å². The van der Waals surface area contributed by atoms with Crippen LogP contribution in [0.25, 0.3) is 0 Å². The number of carbonyl (C=O) groups is 1. The van der Waals surface area contributed by atoms with Crippen molar-refractivity contribution < 1.29 is 9.53 Å². The number of ketones is 1. The average molecular weight is 225 g/mol. The summed E-state index contributed by atoms with van der Waals surface area (Å²) < 4.78 is 5.31. The van der Waals surface area contributed by atoms with Crippen molar-refractivity contribution in [1.29, 1.82) is 0 Å². The molecule has 15 heavy (non-hydrogen) atoms. The minimum Gasteiger partial charge on any atom is -0.488 e. The van der Waals surface area contributed by atoms with Crippen LogP contribution in [0.15, 0.2) is 35.9 Å². The van der Waals surface area contributed by atoms with E-state index in [1.165, 1.54) is 0 Å². The van der Waals surface area contributed by atoms with E-state index in [0.29, 0.717) is 18.1 Å². The summed E-state index contributed by atoms with van der Waals surface area (Å²) in [6, 6.07) is 7.37. The van der Waals surface area contributed by atoms with Crippen LogP contribution in [0.3, 0.4) is 0 Å². The second-order valence-electron chi connectivity index (χ2n) is 3.33. The molecular formula is C12H13ClO2. The lowest BCUT2D eigenvalue weighted by molar-refractivity contribution is -0.116. The molecule has 0 aliphatic carbocycles. The minimum absolute atomic E-state index is 0.151. The molecule has 0 aliphatic rings. The summed E-state index contributed by atoms with van der Waals surface area (Å²) in [5.41, 5.74) is 0.986. The predicted molar refractivity (Wildman–Crippen MR) is 61.3 cm³/mol. The lowest BCUT2D eigenvalue weighted by Crippen LogP contribution is -1.98. The molecule has 0 radical (unpaired) electrons. The van der Waals surface area contributed by atoms with Crippen LogP contribution < -0.4 is 4.74 Å². The van der Waals surface area contributed by atoms with Crippen LogP contribution in [0.4, 0.5) is 0 Å². The Kier molecular flexibility index (Phi) is 4.37. The van der Waals surface area contributed by atoms with Crippen molar-refractivity contribution >= 4 is 17.4 Å². The Labute approximate surface area is 94.5 Å². The number of rotatable bonds is 5. The maximum Gasteiger partial charge on any atom is 0.134 e. The molecule has 0 N–H and O–H groups in total. The van der Waals surface area contributed by atoms with E-state index in [1.807, 2.05) is 24.3 Å². The first-order chi connectivity index (χ1) is 7.08. The maximum atomic E-state index is 10.9. The largest absolute Gasteiger partial charge is 0.488 e. The molecular weight excluding hydrogens is 212 g/mol. The molecule has 80 valence electrons. The fourth-order valence-electron chi connectivity index (χ4n) is 1.15. The van der Waals surface area contributed by atoms with Gasteiger partial charge in [0.05, 0.1) is 0 Å². The number of Topliss-reactive ketones (excluding diaryl/α,β-unsaturated/α-hetero) is 1. The van der Waals surface area contributed by atoms with E-state index in [2.05, 4.69) is 6.58 Å². The van der Waals surface area contributed by atoms with Gasteiger partial charge in [-0.25, -0.2) is 0 Å². The Bertz CT molecular complexity index is 354. The molecule has 1 rings (SSSR count). The number of carbonyl (C=O) groups excluding carboxylic acids is 1. The van der Waals surface area contributed by atoms with Gasteiger partial charge in [0.25, 0.3) is 0 Å². The molecule has 1 aromatic carbocycles. The van der Waals surface area contributed by atoms with E-state index >= 15 is 0 Å². The van der Waals surface area contributed by atoms with Crippen molar-refractivity contribution in [2.75, 3.05) is 6.61 Å². The molecule has 0 unspecified atom stereocenters. The van der Waals surface area contributed by atoms with Crippen molar-refractivity contribution in [3.05, 3.63) is 41.4 Å². The topological polar surface area (TPSA) is 26.3 Å². The molecule has 0 aliphatic heterocycles. The maximum absolute atomic E-state index is 10.9. The van der Waals surface area contributed by atoms with Gasteiger partial charge in [-0.15, -0.1) is 0 Å². The van der Waals surface area contributed by atoms with Crippen LogP contribution in [0, 0.1) is 0 Å².